The third-order valence-corrected chi connectivity index (χ3v) is 21.1. The Morgan fingerprint density at radius 3 is 1.13 bits per heavy atom. The van der Waals surface area contributed by atoms with Crippen LogP contribution >= 0.6 is 0 Å². The van der Waals surface area contributed by atoms with Gasteiger partial charge in [0.15, 0.2) is 25.2 Å². The number of unbranched alkanes of at least 4 members (excludes halogenated alkanes) is 1. The summed E-state index contributed by atoms with van der Waals surface area (Å²) in [6.45, 7) is 5.33. The van der Waals surface area contributed by atoms with E-state index in [4.69, 9.17) is 56.8 Å². The molecule has 4 aromatic heterocycles. The van der Waals surface area contributed by atoms with E-state index in [2.05, 4.69) is 72.7 Å². The molecule has 5 aliphatic heterocycles. The first kappa shape index (κ1) is 101. The Hall–Kier alpha value is -8.25. The number of carbonyl (C=O) groups is 7. The van der Waals surface area contributed by atoms with Gasteiger partial charge in [0.25, 0.3) is 11.8 Å². The van der Waals surface area contributed by atoms with Gasteiger partial charge < -0.3 is 145 Å². The molecule has 126 heavy (non-hydrogen) atoms. The minimum atomic E-state index is -1.51. The Kier molecular flexibility index (Phi) is 42.2. The lowest BCUT2D eigenvalue weighted by molar-refractivity contribution is -0.284. The summed E-state index contributed by atoms with van der Waals surface area (Å²) >= 11 is 0. The van der Waals surface area contributed by atoms with Crippen LogP contribution in [0.1, 0.15) is 82.6 Å². The average Bonchev–Trinajstić information content (AvgIpc) is 1.38. The SMILES string of the molecule is CC(=O)N[C@H]1[C@H](OCCOCCn2cc(CN(CCCC[C@@H](C(=O)NCCCNC(=O)CCN3C(=O)C=CC3=O)N(Cc3cn(CCOCCOC4O[C@H](CO)[C@H](O)[C@H](O)[C@H]4NC(C)=O)nn3)Cc3cn(CCOCCO[C@@H]4O[C@H](CO)[C@H](O)[C@H](O)[C@H]4C)nn3)Cc3cn(CCOCCO[C@@H]4O[C@H](CO)[C@H](O)[C@H](O)[C@H]4NC(C)=O)nn3)nn2)O[C@H](CO)[C@H](O)[C@@H]1O. The molecule has 17 N–H and O–H groups in total. The number of nitrogens with zero attached hydrogens (tertiary/aromatic N) is 15. The molecule has 9 heterocycles. The van der Waals surface area contributed by atoms with E-state index in [-0.39, 0.29) is 171 Å². The Morgan fingerprint density at radius 1 is 0.429 bits per heavy atom. The predicted octanol–water partition coefficient (Wildman–Crippen LogP) is -10.7. The topological polar surface area (TPSA) is 666 Å². The zero-order valence-corrected chi connectivity index (χ0v) is 70.8. The fourth-order valence-electron chi connectivity index (χ4n) is 14.4. The number of rotatable bonds is 57. The maximum absolute atomic E-state index is 15.1. The highest BCUT2D eigenvalue weighted by atomic mass is 16.7. The van der Waals surface area contributed by atoms with E-state index >= 15 is 4.79 Å². The lowest BCUT2D eigenvalue weighted by Gasteiger charge is -2.42. The largest absolute Gasteiger partial charge is 0.394 e. The molecule has 0 radical (unpaired) electrons. The number of aromatic nitrogens is 12. The molecule has 21 atom stereocenters. The molecule has 7 amide bonds. The summed E-state index contributed by atoms with van der Waals surface area (Å²) in [6, 6.07) is -4.36. The van der Waals surface area contributed by atoms with Gasteiger partial charge in [-0.15, -0.1) is 20.4 Å². The zero-order valence-electron chi connectivity index (χ0n) is 70.8. The molecule has 4 fully saturated rings. The van der Waals surface area contributed by atoms with Crippen molar-refractivity contribution in [1.82, 2.24) is 101 Å². The highest BCUT2D eigenvalue weighted by Crippen LogP contribution is 2.29. The molecule has 4 saturated heterocycles. The van der Waals surface area contributed by atoms with Crippen molar-refractivity contribution in [3.63, 3.8) is 0 Å². The number of hydrogen-bond acceptors (Lipinski definition) is 41. The standard InChI is InChI=1S/C75H122N20O31/c1-44-63(106)64(107)53(40-96)123-72(44)119-28-24-115-22-18-93-38-50(83-87-93)34-90(35-51-39-94(88-84-51)19-23-118-27-31-122-75-62(80-47(4)102)70(113)67(110)56(43-99)126-75)52(71(114)77-13-7-12-76-57(103)11-15-95-58(104)9-10-59(95)105)8-5-6-14-89(32-48-36-91(85-81-48)16-20-116-25-29-120-73-60(78-45(2)100)68(111)65(108)54(41-97)124-73)33-49-37-92(86-82-49)17-21-117-26-30-121-74-61(79-46(3)101)69(112)66(109)55(42-98)125-74/h9-10,36-39,44,52-56,60-70,72-75,96-99,106-113H,5-8,11-35,40-43H2,1-4H3,(H,76,103)(H,77,114)(H,78,100)(H,79,101)(H,80,102)/t44-,52+,53-,54-,55-,56-,60-,61-,62-,63-,64+,65+,66+,67+,68-,69-,70-,72-,73-,74-,75?/m1/s1. The average molecular weight is 1800 g/mol. The van der Waals surface area contributed by atoms with Crippen molar-refractivity contribution in [3.05, 3.63) is 59.7 Å². The van der Waals surface area contributed by atoms with Gasteiger partial charge in [-0.3, -0.25) is 48.3 Å². The molecule has 4 aromatic rings. The van der Waals surface area contributed by atoms with Crippen LogP contribution in [-0.4, -0.2) is 432 Å². The molecule has 51 heteroatoms. The molecule has 51 nitrogen and oxygen atoms in total. The van der Waals surface area contributed by atoms with Crippen molar-refractivity contribution in [2.75, 3.05) is 132 Å². The summed E-state index contributed by atoms with van der Waals surface area (Å²) in [5.41, 5.74) is 1.98. The number of aliphatic hydroxyl groups is 12. The van der Waals surface area contributed by atoms with Gasteiger partial charge in [0.1, 0.15) is 85.3 Å². The van der Waals surface area contributed by atoms with Gasteiger partial charge in [-0.05, 0) is 25.8 Å². The lowest BCUT2D eigenvalue weighted by Crippen LogP contribution is -2.64. The van der Waals surface area contributed by atoms with Crippen LogP contribution in [-0.2, 0) is 143 Å². The van der Waals surface area contributed by atoms with Crippen molar-refractivity contribution in [2.24, 2.45) is 5.92 Å². The van der Waals surface area contributed by atoms with Crippen molar-refractivity contribution in [3.8, 4) is 0 Å². The second-order valence-electron chi connectivity index (χ2n) is 30.7. The number of carbonyl (C=O) groups excluding carboxylic acids is 7. The van der Waals surface area contributed by atoms with Gasteiger partial charge in [-0.2, -0.15) is 0 Å². The van der Waals surface area contributed by atoms with Crippen LogP contribution < -0.4 is 26.6 Å². The molecule has 0 saturated carbocycles. The smallest absolute Gasteiger partial charge is 0.253 e. The van der Waals surface area contributed by atoms with Crippen LogP contribution in [0.3, 0.4) is 0 Å². The fourth-order valence-corrected chi connectivity index (χ4v) is 14.4. The maximum Gasteiger partial charge on any atom is 0.253 e. The van der Waals surface area contributed by atoms with Crippen molar-refractivity contribution in [2.45, 2.75) is 235 Å². The Morgan fingerprint density at radius 2 is 0.770 bits per heavy atom. The predicted molar refractivity (Wildman–Crippen MR) is 422 cm³/mol. The van der Waals surface area contributed by atoms with E-state index in [1.54, 1.807) is 45.8 Å². The first-order chi connectivity index (χ1) is 60.6. The maximum atomic E-state index is 15.1. The second-order valence-corrected chi connectivity index (χ2v) is 30.7. The third kappa shape index (κ3) is 31.3. The highest BCUT2D eigenvalue weighted by Gasteiger charge is 2.49. The summed E-state index contributed by atoms with van der Waals surface area (Å²) in [5, 5.41) is 172. The number of nitrogens with one attached hydrogen (secondary N) is 5. The Balaban J connectivity index is 0.886. The van der Waals surface area contributed by atoms with E-state index in [1.807, 2.05) is 4.90 Å². The molecule has 708 valence electrons. The summed E-state index contributed by atoms with van der Waals surface area (Å²) in [4.78, 5) is 93.2. The molecule has 0 spiro atoms. The molecule has 0 aromatic carbocycles. The number of amides is 7. The molecular weight excluding hydrogens is 1680 g/mol. The number of imide groups is 1. The molecule has 0 aliphatic carbocycles. The second kappa shape index (κ2) is 52.4. The molecular formula is C75H122N20O31. The first-order valence-corrected chi connectivity index (χ1v) is 41.8. The summed E-state index contributed by atoms with van der Waals surface area (Å²) < 4.78 is 75.5. The van der Waals surface area contributed by atoms with E-state index in [9.17, 15) is 90.0 Å². The van der Waals surface area contributed by atoms with E-state index < -0.39 is 196 Å². The third-order valence-electron chi connectivity index (χ3n) is 21.1. The summed E-state index contributed by atoms with van der Waals surface area (Å²) in [6.07, 6.45) is -10.3. The van der Waals surface area contributed by atoms with E-state index in [0.29, 0.717) is 42.2 Å². The quantitative estimate of drug-likeness (QED) is 0.0144. The zero-order chi connectivity index (χ0) is 90.8. The van der Waals surface area contributed by atoms with Crippen LogP contribution in [0.5, 0.6) is 0 Å². The first-order valence-electron chi connectivity index (χ1n) is 41.8. The molecule has 1 unspecified atom stereocenters. The van der Waals surface area contributed by atoms with Crippen molar-refractivity contribution < 1.29 is 152 Å². The Labute approximate surface area is 724 Å². The molecule has 5 aliphatic rings. The van der Waals surface area contributed by atoms with Crippen molar-refractivity contribution in [1.29, 1.82) is 0 Å². The van der Waals surface area contributed by atoms with Gasteiger partial charge >= 0.3 is 0 Å². The van der Waals surface area contributed by atoms with Crippen LogP contribution in [0, 0.1) is 5.92 Å². The molecule has 0 bridgehead atoms. The van der Waals surface area contributed by atoms with E-state index in [1.165, 1.54) is 25.5 Å². The van der Waals surface area contributed by atoms with Gasteiger partial charge in [0, 0.05) is 116 Å². The van der Waals surface area contributed by atoms with Gasteiger partial charge in [-0.1, -0.05) is 34.2 Å². The number of ether oxygens (including phenoxy) is 12. The molecule has 9 rings (SSSR count). The summed E-state index contributed by atoms with van der Waals surface area (Å²) in [5.74, 6) is -4.01. The van der Waals surface area contributed by atoms with Gasteiger partial charge in [0.05, 0.1) is 167 Å². The van der Waals surface area contributed by atoms with Crippen LogP contribution in [0.25, 0.3) is 0 Å². The normalized spacial score (nSPS) is 27.2. The van der Waals surface area contributed by atoms with Gasteiger partial charge in [-0.25, -0.2) is 18.7 Å². The van der Waals surface area contributed by atoms with Crippen molar-refractivity contribution >= 4 is 41.4 Å². The van der Waals surface area contributed by atoms with Crippen LogP contribution in [0.2, 0.25) is 0 Å². The monoisotopic (exact) mass is 1800 g/mol. The van der Waals surface area contributed by atoms with Crippen LogP contribution in [0.15, 0.2) is 36.9 Å². The van der Waals surface area contributed by atoms with E-state index in [0.717, 1.165) is 17.1 Å². The highest BCUT2D eigenvalue weighted by molar-refractivity contribution is 6.13. The number of hydrogen-bond donors (Lipinski definition) is 17. The van der Waals surface area contributed by atoms with Gasteiger partial charge in [0.2, 0.25) is 29.5 Å². The fraction of sp³-hybridized carbons (Fsp3) is 0.773. The lowest BCUT2D eigenvalue weighted by atomic mass is 9.92. The van der Waals surface area contributed by atoms with Crippen LogP contribution in [0.4, 0.5) is 0 Å². The minimum absolute atomic E-state index is 0.00119. The minimum Gasteiger partial charge on any atom is -0.394 e. The Bertz CT molecular complexity index is 3860. The summed E-state index contributed by atoms with van der Waals surface area (Å²) in [7, 11) is 0. The number of aliphatic hydroxyl groups excluding tert-OH is 12.